The SMILES string of the molecule is CC(=O)OC[C@@H]1C[C@@H](OC(C)=O)[C@H](n2cc(C)c(NO)nc2=O)O1. The molecular weight excluding hydrogens is 322 g/mol. The van der Waals surface area contributed by atoms with Crippen LogP contribution in [0.15, 0.2) is 11.0 Å². The van der Waals surface area contributed by atoms with E-state index in [1.54, 1.807) is 6.92 Å². The largest absolute Gasteiger partial charge is 0.463 e. The van der Waals surface area contributed by atoms with E-state index < -0.39 is 36.1 Å². The summed E-state index contributed by atoms with van der Waals surface area (Å²) in [6, 6.07) is 0. The maximum absolute atomic E-state index is 12.1. The number of hydrogen-bond acceptors (Lipinski definition) is 9. The third-order valence-electron chi connectivity index (χ3n) is 3.45. The van der Waals surface area contributed by atoms with Gasteiger partial charge in [0, 0.05) is 32.0 Å². The van der Waals surface area contributed by atoms with E-state index in [1.165, 1.54) is 24.6 Å². The first-order valence-corrected chi connectivity index (χ1v) is 7.27. The summed E-state index contributed by atoms with van der Waals surface area (Å²) in [5, 5.41) is 8.92. The van der Waals surface area contributed by atoms with Crippen LogP contribution in [-0.4, -0.2) is 45.5 Å². The molecule has 24 heavy (non-hydrogen) atoms. The molecule has 1 aromatic heterocycles. The lowest BCUT2D eigenvalue weighted by atomic mass is 10.2. The predicted octanol–water partition coefficient (Wildman–Crippen LogP) is 0.135. The molecule has 0 unspecified atom stereocenters. The summed E-state index contributed by atoms with van der Waals surface area (Å²) in [5.41, 5.74) is 1.63. The molecule has 0 spiro atoms. The van der Waals surface area contributed by atoms with Crippen molar-refractivity contribution in [2.45, 2.75) is 45.6 Å². The molecule has 2 rings (SSSR count). The molecule has 1 aromatic rings. The summed E-state index contributed by atoms with van der Waals surface area (Å²) in [4.78, 5) is 38.0. The lowest BCUT2D eigenvalue weighted by molar-refractivity contribution is -0.153. The average molecular weight is 341 g/mol. The molecular formula is C14H19N3O7. The van der Waals surface area contributed by atoms with Crippen LogP contribution < -0.4 is 11.2 Å². The molecule has 3 atom stereocenters. The Morgan fingerprint density at radius 1 is 1.46 bits per heavy atom. The molecule has 1 saturated heterocycles. The number of nitrogens with zero attached hydrogens (tertiary/aromatic N) is 2. The van der Waals surface area contributed by atoms with Crippen molar-refractivity contribution < 1.29 is 29.0 Å². The van der Waals surface area contributed by atoms with Gasteiger partial charge in [0.1, 0.15) is 12.7 Å². The Morgan fingerprint density at radius 2 is 2.17 bits per heavy atom. The monoisotopic (exact) mass is 341 g/mol. The van der Waals surface area contributed by atoms with Crippen LogP contribution in [0.5, 0.6) is 0 Å². The number of nitrogens with one attached hydrogen (secondary N) is 1. The number of carbonyl (C=O) groups is 2. The smallest absolute Gasteiger partial charge is 0.351 e. The first-order chi connectivity index (χ1) is 11.3. The highest BCUT2D eigenvalue weighted by molar-refractivity contribution is 5.66. The van der Waals surface area contributed by atoms with Gasteiger partial charge in [0.15, 0.2) is 12.0 Å². The highest BCUT2D eigenvalue weighted by atomic mass is 16.6. The second-order valence-corrected chi connectivity index (χ2v) is 5.41. The summed E-state index contributed by atoms with van der Waals surface area (Å²) in [5.74, 6) is -0.956. The lowest BCUT2D eigenvalue weighted by Gasteiger charge is -2.21. The first-order valence-electron chi connectivity index (χ1n) is 7.27. The predicted molar refractivity (Wildman–Crippen MR) is 79.4 cm³/mol. The van der Waals surface area contributed by atoms with Crippen molar-refractivity contribution in [1.82, 2.24) is 9.55 Å². The molecule has 0 bridgehead atoms. The summed E-state index contributed by atoms with van der Waals surface area (Å²) in [6.45, 7) is 4.14. The van der Waals surface area contributed by atoms with E-state index in [4.69, 9.17) is 19.4 Å². The summed E-state index contributed by atoms with van der Waals surface area (Å²) < 4.78 is 17.0. The average Bonchev–Trinajstić information content (AvgIpc) is 2.89. The Kier molecular flexibility index (Phi) is 5.52. The fourth-order valence-corrected chi connectivity index (χ4v) is 2.46. The molecule has 132 valence electrons. The Morgan fingerprint density at radius 3 is 2.75 bits per heavy atom. The molecule has 10 nitrogen and oxygen atoms in total. The number of carbonyl (C=O) groups excluding carboxylic acids is 2. The Balaban J connectivity index is 2.27. The van der Waals surface area contributed by atoms with Crippen LogP contribution in [0.1, 0.15) is 32.1 Å². The third kappa shape index (κ3) is 4.09. The molecule has 10 heteroatoms. The zero-order chi connectivity index (χ0) is 17.9. The van der Waals surface area contributed by atoms with E-state index in [1.807, 2.05) is 5.48 Å². The van der Waals surface area contributed by atoms with Crippen molar-refractivity contribution in [3.63, 3.8) is 0 Å². The number of aromatic nitrogens is 2. The Bertz CT molecular complexity index is 687. The van der Waals surface area contributed by atoms with Crippen LogP contribution in [0.3, 0.4) is 0 Å². The fourth-order valence-electron chi connectivity index (χ4n) is 2.46. The van der Waals surface area contributed by atoms with E-state index in [2.05, 4.69) is 4.98 Å². The van der Waals surface area contributed by atoms with Crippen molar-refractivity contribution in [3.05, 3.63) is 22.2 Å². The van der Waals surface area contributed by atoms with Gasteiger partial charge in [0.05, 0.1) is 6.10 Å². The van der Waals surface area contributed by atoms with E-state index in [0.29, 0.717) is 5.56 Å². The van der Waals surface area contributed by atoms with E-state index in [-0.39, 0.29) is 18.8 Å². The molecule has 1 aliphatic heterocycles. The van der Waals surface area contributed by atoms with Crippen LogP contribution >= 0.6 is 0 Å². The molecule has 1 aliphatic rings. The van der Waals surface area contributed by atoms with Crippen LogP contribution in [0.4, 0.5) is 5.82 Å². The summed E-state index contributed by atoms with van der Waals surface area (Å²) >= 11 is 0. The van der Waals surface area contributed by atoms with Gasteiger partial charge in [0.25, 0.3) is 0 Å². The fraction of sp³-hybridized carbons (Fsp3) is 0.571. The van der Waals surface area contributed by atoms with Crippen molar-refractivity contribution in [2.75, 3.05) is 12.1 Å². The minimum absolute atomic E-state index is 0.0129. The van der Waals surface area contributed by atoms with Gasteiger partial charge in [0.2, 0.25) is 0 Å². The summed E-state index contributed by atoms with van der Waals surface area (Å²) in [6.07, 6.45) is -0.450. The maximum Gasteiger partial charge on any atom is 0.351 e. The van der Waals surface area contributed by atoms with E-state index >= 15 is 0 Å². The Hall–Kier alpha value is -2.46. The van der Waals surface area contributed by atoms with Gasteiger partial charge >= 0.3 is 17.6 Å². The first kappa shape index (κ1) is 17.9. The van der Waals surface area contributed by atoms with E-state index in [9.17, 15) is 14.4 Å². The standard InChI is InChI=1S/C14H19N3O7/c1-7-5-17(14(20)15-12(7)16-21)13-11(23-9(3)19)4-10(24-13)6-22-8(2)18/h5,10-11,13,21H,4,6H2,1-3H3,(H,15,16,20)/t10-,11+,13+/m0/s1. The van der Waals surface area contributed by atoms with Crippen LogP contribution in [0, 0.1) is 6.92 Å². The summed E-state index contributed by atoms with van der Waals surface area (Å²) in [7, 11) is 0. The van der Waals surface area contributed by atoms with Crippen molar-refractivity contribution in [3.8, 4) is 0 Å². The number of hydrogen-bond donors (Lipinski definition) is 2. The molecule has 2 heterocycles. The van der Waals surface area contributed by atoms with Gasteiger partial charge < -0.3 is 14.2 Å². The van der Waals surface area contributed by atoms with Crippen LogP contribution in [-0.2, 0) is 23.8 Å². The van der Waals surface area contributed by atoms with Crippen molar-refractivity contribution in [1.29, 1.82) is 0 Å². The molecule has 0 saturated carbocycles. The van der Waals surface area contributed by atoms with Crippen molar-refractivity contribution in [2.24, 2.45) is 0 Å². The quantitative estimate of drug-likeness (QED) is 0.567. The second kappa shape index (κ2) is 7.41. The lowest BCUT2D eigenvalue weighted by Crippen LogP contribution is -2.34. The van der Waals surface area contributed by atoms with Gasteiger partial charge in [-0.2, -0.15) is 4.98 Å². The number of rotatable bonds is 5. The Labute approximate surface area is 137 Å². The minimum Gasteiger partial charge on any atom is -0.463 e. The number of aryl methyl sites for hydroxylation is 1. The maximum atomic E-state index is 12.1. The van der Waals surface area contributed by atoms with Crippen LogP contribution in [0.2, 0.25) is 0 Å². The third-order valence-corrected chi connectivity index (χ3v) is 3.45. The molecule has 2 N–H and O–H groups in total. The molecule has 0 amide bonds. The van der Waals surface area contributed by atoms with Gasteiger partial charge in [-0.15, -0.1) is 0 Å². The normalized spacial score (nSPS) is 22.9. The van der Waals surface area contributed by atoms with Gasteiger partial charge in [-0.3, -0.25) is 24.8 Å². The topological polar surface area (TPSA) is 129 Å². The van der Waals surface area contributed by atoms with Gasteiger partial charge in [-0.05, 0) is 6.92 Å². The zero-order valence-corrected chi connectivity index (χ0v) is 13.5. The molecule has 0 radical (unpaired) electrons. The number of ether oxygens (including phenoxy) is 3. The highest BCUT2D eigenvalue weighted by Crippen LogP contribution is 2.31. The zero-order valence-electron chi connectivity index (χ0n) is 13.5. The highest BCUT2D eigenvalue weighted by Gasteiger charge is 2.40. The van der Waals surface area contributed by atoms with Gasteiger partial charge in [-0.1, -0.05) is 0 Å². The van der Waals surface area contributed by atoms with Gasteiger partial charge in [-0.25, -0.2) is 4.79 Å². The minimum atomic E-state index is -0.902. The molecule has 0 aromatic carbocycles. The number of anilines is 1. The number of esters is 2. The van der Waals surface area contributed by atoms with Crippen LogP contribution in [0.25, 0.3) is 0 Å². The molecule has 1 fully saturated rings. The second-order valence-electron chi connectivity index (χ2n) is 5.41. The van der Waals surface area contributed by atoms with Crippen molar-refractivity contribution >= 4 is 17.8 Å². The molecule has 0 aliphatic carbocycles. The van der Waals surface area contributed by atoms with E-state index in [0.717, 1.165) is 0 Å².